The fourth-order valence-corrected chi connectivity index (χ4v) is 3.74. The number of benzene rings is 1. The van der Waals surface area contributed by atoms with Gasteiger partial charge in [-0.25, -0.2) is 9.97 Å². The van der Waals surface area contributed by atoms with Crippen LogP contribution in [0.2, 0.25) is 10.2 Å². The van der Waals surface area contributed by atoms with E-state index >= 15 is 0 Å². The van der Waals surface area contributed by atoms with Crippen LogP contribution >= 0.6 is 23.2 Å². The van der Waals surface area contributed by atoms with Crippen LogP contribution in [-0.2, 0) is 16.8 Å². The normalized spacial score (nSPS) is 17.9. The first-order valence-corrected chi connectivity index (χ1v) is 9.19. The molecule has 0 saturated heterocycles. The molecule has 0 radical (unpaired) electrons. The van der Waals surface area contributed by atoms with Crippen LogP contribution in [0.25, 0.3) is 0 Å². The average molecular weight is 399 g/mol. The Balaban J connectivity index is 1.60. The van der Waals surface area contributed by atoms with Gasteiger partial charge in [0, 0.05) is 35.4 Å². The molecule has 3 heterocycles. The number of carbonyl (C=O) groups is 1. The zero-order valence-electron chi connectivity index (χ0n) is 14.2. The van der Waals surface area contributed by atoms with Crippen LogP contribution in [0.5, 0.6) is 0 Å². The number of aromatic nitrogens is 2. The third-order valence-electron chi connectivity index (χ3n) is 4.74. The lowest BCUT2D eigenvalue weighted by Crippen LogP contribution is -2.32. The fourth-order valence-electron chi connectivity index (χ4n) is 3.29. The summed E-state index contributed by atoms with van der Waals surface area (Å²) in [6.45, 7) is 0.995. The number of pyridine rings is 2. The first-order valence-electron chi connectivity index (χ1n) is 8.43. The van der Waals surface area contributed by atoms with Gasteiger partial charge in [0.15, 0.2) is 0 Å². The maximum absolute atomic E-state index is 12.1. The molecule has 0 spiro atoms. The molecule has 7 heteroatoms. The number of anilines is 2. The van der Waals surface area contributed by atoms with Crippen LogP contribution < -0.4 is 10.6 Å². The summed E-state index contributed by atoms with van der Waals surface area (Å²) >= 11 is 12.4. The maximum Gasteiger partial charge on any atom is 0.136 e. The van der Waals surface area contributed by atoms with Gasteiger partial charge in [-0.2, -0.15) is 0 Å². The molecule has 0 amide bonds. The zero-order chi connectivity index (χ0) is 18.9. The van der Waals surface area contributed by atoms with Gasteiger partial charge < -0.3 is 15.4 Å². The lowest BCUT2D eigenvalue weighted by atomic mass is 9.78. The minimum atomic E-state index is -0.887. The number of hydrogen-bond acceptors (Lipinski definition) is 5. The van der Waals surface area contributed by atoms with Gasteiger partial charge in [0.1, 0.15) is 23.1 Å². The van der Waals surface area contributed by atoms with Gasteiger partial charge in [0.2, 0.25) is 0 Å². The fraction of sp³-hybridized carbons (Fsp3) is 0.150. The molecule has 0 bridgehead atoms. The minimum Gasteiger partial charge on any atom is -0.368 e. The SMILES string of the molecule is O=CC1(c2ccc(NCc3ccc(Cl)cc3)nc2Cl)CNc2ncccc21. The van der Waals surface area contributed by atoms with Crippen LogP contribution in [0.3, 0.4) is 0 Å². The first kappa shape index (κ1) is 17.8. The smallest absolute Gasteiger partial charge is 0.136 e. The Bertz CT molecular complexity index is 994. The van der Waals surface area contributed by atoms with E-state index in [2.05, 4.69) is 20.6 Å². The quantitative estimate of drug-likeness (QED) is 0.495. The molecule has 2 aromatic heterocycles. The van der Waals surface area contributed by atoms with Gasteiger partial charge in [-0.3, -0.25) is 0 Å². The number of halogens is 2. The second kappa shape index (κ2) is 7.18. The Hall–Kier alpha value is -2.63. The topological polar surface area (TPSA) is 66.9 Å². The van der Waals surface area contributed by atoms with E-state index in [1.54, 1.807) is 6.20 Å². The number of nitrogens with one attached hydrogen (secondary N) is 2. The minimum absolute atomic E-state index is 0.293. The summed E-state index contributed by atoms with van der Waals surface area (Å²) in [5, 5.41) is 7.40. The van der Waals surface area contributed by atoms with Crippen molar-refractivity contribution in [3.63, 3.8) is 0 Å². The molecule has 1 aliphatic rings. The molecule has 0 saturated carbocycles. The van der Waals surface area contributed by atoms with Crippen molar-refractivity contribution in [2.45, 2.75) is 12.0 Å². The third kappa shape index (κ3) is 3.24. The van der Waals surface area contributed by atoms with E-state index in [0.29, 0.717) is 40.5 Å². The van der Waals surface area contributed by atoms with Crippen molar-refractivity contribution < 1.29 is 4.79 Å². The second-order valence-corrected chi connectivity index (χ2v) is 7.15. The summed E-state index contributed by atoms with van der Waals surface area (Å²) in [6.07, 6.45) is 2.60. The van der Waals surface area contributed by atoms with Gasteiger partial charge in [-0.1, -0.05) is 47.5 Å². The standard InChI is InChI=1S/C20H16Cl2N4O/c21-14-5-3-13(4-6-14)10-24-17-8-7-15(18(22)26-17)20(12-27)11-25-19-16(20)2-1-9-23-19/h1-9,12H,10-11H2,(H,23,25)(H,24,26). The molecule has 1 unspecified atom stereocenters. The van der Waals surface area contributed by atoms with Crippen molar-refractivity contribution in [1.29, 1.82) is 0 Å². The van der Waals surface area contributed by atoms with Crippen molar-refractivity contribution in [1.82, 2.24) is 9.97 Å². The number of nitrogens with zero attached hydrogens (tertiary/aromatic N) is 2. The van der Waals surface area contributed by atoms with Gasteiger partial charge >= 0.3 is 0 Å². The number of fused-ring (bicyclic) bond motifs is 1. The van der Waals surface area contributed by atoms with Crippen LogP contribution in [-0.4, -0.2) is 22.8 Å². The molecule has 1 aliphatic heterocycles. The molecule has 4 rings (SSSR count). The third-order valence-corrected chi connectivity index (χ3v) is 5.28. The van der Waals surface area contributed by atoms with E-state index < -0.39 is 5.41 Å². The summed E-state index contributed by atoms with van der Waals surface area (Å²) in [6, 6.07) is 15.0. The Labute approximate surface area is 166 Å². The largest absolute Gasteiger partial charge is 0.368 e. The number of carbonyl (C=O) groups excluding carboxylic acids is 1. The molecular weight excluding hydrogens is 383 g/mol. The predicted octanol–water partition coefficient (Wildman–Crippen LogP) is 4.31. The zero-order valence-corrected chi connectivity index (χ0v) is 15.8. The first-order chi connectivity index (χ1) is 13.1. The number of hydrogen-bond donors (Lipinski definition) is 2. The Morgan fingerprint density at radius 1 is 1.11 bits per heavy atom. The Morgan fingerprint density at radius 2 is 1.93 bits per heavy atom. The Morgan fingerprint density at radius 3 is 2.67 bits per heavy atom. The van der Waals surface area contributed by atoms with E-state index in [1.807, 2.05) is 48.5 Å². The summed E-state index contributed by atoms with van der Waals surface area (Å²) < 4.78 is 0. The summed E-state index contributed by atoms with van der Waals surface area (Å²) in [5.41, 5.74) is 1.66. The lowest BCUT2D eigenvalue weighted by Gasteiger charge is -2.24. The monoisotopic (exact) mass is 398 g/mol. The second-order valence-electron chi connectivity index (χ2n) is 6.36. The molecule has 1 aromatic carbocycles. The highest BCUT2D eigenvalue weighted by Crippen LogP contribution is 2.41. The average Bonchev–Trinajstić information content (AvgIpc) is 3.07. The molecule has 3 aromatic rings. The van der Waals surface area contributed by atoms with Crippen LogP contribution in [0.4, 0.5) is 11.6 Å². The molecule has 27 heavy (non-hydrogen) atoms. The molecular formula is C20H16Cl2N4O. The van der Waals surface area contributed by atoms with E-state index in [4.69, 9.17) is 23.2 Å². The van der Waals surface area contributed by atoms with Crippen molar-refractivity contribution in [3.05, 3.63) is 81.6 Å². The van der Waals surface area contributed by atoms with Gasteiger partial charge in [0.25, 0.3) is 0 Å². The van der Waals surface area contributed by atoms with Gasteiger partial charge in [-0.05, 0) is 29.8 Å². The van der Waals surface area contributed by atoms with Crippen LogP contribution in [0, 0.1) is 0 Å². The number of aldehydes is 1. The lowest BCUT2D eigenvalue weighted by molar-refractivity contribution is -0.110. The highest BCUT2D eigenvalue weighted by Gasteiger charge is 2.43. The molecule has 0 aliphatic carbocycles. The van der Waals surface area contributed by atoms with Gasteiger partial charge in [0.05, 0.1) is 5.41 Å². The van der Waals surface area contributed by atoms with Crippen molar-refractivity contribution >= 4 is 41.1 Å². The molecule has 136 valence electrons. The number of rotatable bonds is 5. The van der Waals surface area contributed by atoms with Gasteiger partial charge in [-0.15, -0.1) is 0 Å². The summed E-state index contributed by atoms with van der Waals surface area (Å²) in [5.74, 6) is 1.34. The van der Waals surface area contributed by atoms with E-state index in [-0.39, 0.29) is 0 Å². The Kier molecular flexibility index (Phi) is 4.72. The molecule has 2 N–H and O–H groups in total. The summed E-state index contributed by atoms with van der Waals surface area (Å²) in [4.78, 5) is 20.8. The molecule has 0 fully saturated rings. The maximum atomic E-state index is 12.1. The predicted molar refractivity (Wildman–Crippen MR) is 108 cm³/mol. The van der Waals surface area contributed by atoms with Crippen LogP contribution in [0.15, 0.2) is 54.7 Å². The molecule has 5 nitrogen and oxygen atoms in total. The van der Waals surface area contributed by atoms with Crippen LogP contribution in [0.1, 0.15) is 16.7 Å². The van der Waals surface area contributed by atoms with Crippen molar-refractivity contribution in [2.75, 3.05) is 17.2 Å². The summed E-state index contributed by atoms with van der Waals surface area (Å²) in [7, 11) is 0. The highest BCUT2D eigenvalue weighted by molar-refractivity contribution is 6.31. The van der Waals surface area contributed by atoms with E-state index in [1.165, 1.54) is 0 Å². The van der Waals surface area contributed by atoms with Crippen molar-refractivity contribution in [2.24, 2.45) is 0 Å². The van der Waals surface area contributed by atoms with E-state index in [0.717, 1.165) is 17.4 Å². The van der Waals surface area contributed by atoms with E-state index in [9.17, 15) is 4.79 Å². The van der Waals surface area contributed by atoms with Crippen molar-refractivity contribution in [3.8, 4) is 0 Å². The molecule has 1 atom stereocenters. The highest BCUT2D eigenvalue weighted by atomic mass is 35.5.